The molecule has 0 aliphatic carbocycles. The van der Waals surface area contributed by atoms with Gasteiger partial charge in [0.25, 0.3) is 11.8 Å². The second-order valence-corrected chi connectivity index (χ2v) is 7.81. The number of rotatable bonds is 3. The zero-order valence-corrected chi connectivity index (χ0v) is 16.8. The molecule has 4 heterocycles. The van der Waals surface area contributed by atoms with Gasteiger partial charge in [0.05, 0.1) is 11.3 Å². The maximum atomic E-state index is 13.4. The van der Waals surface area contributed by atoms with Crippen LogP contribution in [0.4, 0.5) is 8.78 Å². The van der Waals surface area contributed by atoms with Crippen molar-refractivity contribution in [1.82, 2.24) is 29.6 Å². The van der Waals surface area contributed by atoms with E-state index in [1.165, 1.54) is 17.4 Å². The Bertz CT molecular complexity index is 1250. The summed E-state index contributed by atoms with van der Waals surface area (Å²) in [6.45, 7) is 2.12. The Balaban J connectivity index is 1.47. The van der Waals surface area contributed by atoms with E-state index in [-0.39, 0.29) is 31.8 Å². The third kappa shape index (κ3) is 3.56. The molecule has 9 heteroatoms. The fourth-order valence-corrected chi connectivity index (χ4v) is 3.92. The number of benzene rings is 1. The highest BCUT2D eigenvalue weighted by Gasteiger charge is 2.35. The van der Waals surface area contributed by atoms with E-state index in [1.807, 2.05) is 42.0 Å². The van der Waals surface area contributed by atoms with Crippen LogP contribution >= 0.6 is 0 Å². The van der Waals surface area contributed by atoms with Crippen molar-refractivity contribution in [3.8, 4) is 17.1 Å². The Labute approximate surface area is 176 Å². The molecule has 0 bridgehead atoms. The van der Waals surface area contributed by atoms with Gasteiger partial charge in [-0.3, -0.25) is 4.79 Å². The van der Waals surface area contributed by atoms with Crippen molar-refractivity contribution >= 4 is 16.9 Å². The molecule has 1 saturated heterocycles. The number of carbonyl (C=O) groups excluding carboxylic acids is 1. The fourth-order valence-electron chi connectivity index (χ4n) is 3.92. The normalized spacial score (nSPS) is 16.0. The summed E-state index contributed by atoms with van der Waals surface area (Å²) in [5.41, 5.74) is 4.00. The fraction of sp³-hybridized carbons (Fsp3) is 0.273. The molecule has 0 atom stereocenters. The van der Waals surface area contributed by atoms with E-state index in [1.54, 1.807) is 6.07 Å². The molecule has 5 rings (SSSR count). The lowest BCUT2D eigenvalue weighted by Crippen LogP contribution is -2.42. The van der Waals surface area contributed by atoms with Crippen molar-refractivity contribution in [2.45, 2.75) is 25.7 Å². The zero-order valence-electron chi connectivity index (χ0n) is 16.8. The molecule has 1 amide bonds. The third-order valence-corrected chi connectivity index (χ3v) is 5.71. The molecule has 1 N–H and O–H groups in total. The molecule has 0 radical (unpaired) electrons. The quantitative estimate of drug-likeness (QED) is 0.541. The smallest absolute Gasteiger partial charge is 0.255 e. The van der Waals surface area contributed by atoms with E-state index in [2.05, 4.69) is 20.2 Å². The second-order valence-electron chi connectivity index (χ2n) is 7.81. The first-order valence-electron chi connectivity index (χ1n) is 10.0. The number of piperidine rings is 1. The van der Waals surface area contributed by atoms with E-state index < -0.39 is 5.92 Å². The number of H-pyrrole nitrogens is 1. The SMILES string of the molecule is Cc1ccc(-c2nnc[nH]2)cc1-n1ccc2cc(C(=O)N3CCC(F)(F)CC3)cnc21. The number of aromatic amines is 1. The van der Waals surface area contributed by atoms with Crippen molar-refractivity contribution < 1.29 is 13.6 Å². The average Bonchev–Trinajstić information content (AvgIpc) is 3.43. The molecule has 1 aromatic carbocycles. The number of halogens is 2. The molecule has 158 valence electrons. The predicted molar refractivity (Wildman–Crippen MR) is 111 cm³/mol. The summed E-state index contributed by atoms with van der Waals surface area (Å²) in [7, 11) is 0. The molecule has 0 unspecified atom stereocenters. The predicted octanol–water partition coefficient (Wildman–Crippen LogP) is 3.99. The maximum Gasteiger partial charge on any atom is 0.255 e. The number of nitrogens with zero attached hydrogens (tertiary/aromatic N) is 5. The lowest BCUT2D eigenvalue weighted by atomic mass is 10.1. The number of pyridine rings is 1. The molecule has 1 aliphatic heterocycles. The molecular weight excluding hydrogens is 402 g/mol. The summed E-state index contributed by atoms with van der Waals surface area (Å²) >= 11 is 0. The Morgan fingerprint density at radius 2 is 1.97 bits per heavy atom. The van der Waals surface area contributed by atoms with Gasteiger partial charge in [-0.1, -0.05) is 12.1 Å². The molecule has 1 aliphatic rings. The van der Waals surface area contributed by atoms with E-state index in [9.17, 15) is 13.6 Å². The summed E-state index contributed by atoms with van der Waals surface area (Å²) in [6.07, 6.45) is 4.35. The highest BCUT2D eigenvalue weighted by Crippen LogP contribution is 2.29. The molecule has 0 saturated carbocycles. The van der Waals surface area contributed by atoms with Crippen LogP contribution in [0.2, 0.25) is 0 Å². The number of likely N-dealkylation sites (tertiary alicyclic amines) is 1. The summed E-state index contributed by atoms with van der Waals surface area (Å²) in [6, 6.07) is 9.64. The van der Waals surface area contributed by atoms with Gasteiger partial charge in [-0.05, 0) is 30.7 Å². The summed E-state index contributed by atoms with van der Waals surface area (Å²) in [5.74, 6) is -2.28. The standard InChI is InChI=1S/C22H20F2N6O/c1-14-2-3-15(19-26-13-27-28-19)11-18(14)30-7-4-16-10-17(12-25-20(16)30)21(31)29-8-5-22(23,24)6-9-29/h2-4,7,10-13H,5-6,8-9H2,1H3,(H,26,27,28). The van der Waals surface area contributed by atoms with Crippen LogP contribution in [0.1, 0.15) is 28.8 Å². The van der Waals surface area contributed by atoms with Gasteiger partial charge in [0.1, 0.15) is 12.0 Å². The number of hydrogen-bond donors (Lipinski definition) is 1. The zero-order chi connectivity index (χ0) is 21.6. The van der Waals surface area contributed by atoms with Crippen LogP contribution in [-0.2, 0) is 0 Å². The highest BCUT2D eigenvalue weighted by molar-refractivity contribution is 5.97. The van der Waals surface area contributed by atoms with Gasteiger partial charge in [-0.2, -0.15) is 0 Å². The van der Waals surface area contributed by atoms with Crippen LogP contribution in [0, 0.1) is 6.92 Å². The number of aromatic nitrogens is 5. The van der Waals surface area contributed by atoms with Crippen molar-refractivity contribution in [2.75, 3.05) is 13.1 Å². The van der Waals surface area contributed by atoms with Crippen LogP contribution < -0.4 is 0 Å². The number of alkyl halides is 2. The van der Waals surface area contributed by atoms with Crippen LogP contribution in [-0.4, -0.2) is 54.6 Å². The monoisotopic (exact) mass is 422 g/mol. The topological polar surface area (TPSA) is 79.7 Å². The lowest BCUT2D eigenvalue weighted by Gasteiger charge is -2.31. The minimum Gasteiger partial charge on any atom is -0.338 e. The number of carbonyl (C=O) groups is 1. The van der Waals surface area contributed by atoms with E-state index in [0.717, 1.165) is 22.2 Å². The van der Waals surface area contributed by atoms with Crippen molar-refractivity contribution in [3.05, 3.63) is 60.2 Å². The van der Waals surface area contributed by atoms with E-state index in [4.69, 9.17) is 0 Å². The lowest BCUT2D eigenvalue weighted by molar-refractivity contribution is -0.0494. The second kappa shape index (κ2) is 7.26. The Morgan fingerprint density at radius 1 is 1.16 bits per heavy atom. The van der Waals surface area contributed by atoms with Crippen LogP contribution in [0.3, 0.4) is 0 Å². The number of aryl methyl sites for hydroxylation is 1. The number of hydrogen-bond acceptors (Lipinski definition) is 4. The van der Waals surface area contributed by atoms with Gasteiger partial charge >= 0.3 is 0 Å². The van der Waals surface area contributed by atoms with Crippen molar-refractivity contribution in [1.29, 1.82) is 0 Å². The van der Waals surface area contributed by atoms with Crippen molar-refractivity contribution in [3.63, 3.8) is 0 Å². The van der Waals surface area contributed by atoms with E-state index >= 15 is 0 Å². The Hall–Kier alpha value is -3.62. The van der Waals surface area contributed by atoms with Gasteiger partial charge < -0.3 is 14.5 Å². The number of fused-ring (bicyclic) bond motifs is 1. The minimum absolute atomic E-state index is 0.0541. The van der Waals surface area contributed by atoms with Gasteiger partial charge in [-0.25, -0.2) is 13.8 Å². The Kier molecular flexibility index (Phi) is 4.53. The molecule has 4 aromatic rings. The third-order valence-electron chi connectivity index (χ3n) is 5.71. The molecule has 0 spiro atoms. The molecule has 7 nitrogen and oxygen atoms in total. The first-order valence-corrected chi connectivity index (χ1v) is 10.0. The minimum atomic E-state index is -2.69. The highest BCUT2D eigenvalue weighted by atomic mass is 19.3. The van der Waals surface area contributed by atoms with Crippen LogP contribution in [0.25, 0.3) is 28.1 Å². The van der Waals surface area contributed by atoms with Crippen LogP contribution in [0.5, 0.6) is 0 Å². The summed E-state index contributed by atoms with van der Waals surface area (Å²) < 4.78 is 28.8. The maximum absolute atomic E-state index is 13.4. The largest absolute Gasteiger partial charge is 0.338 e. The van der Waals surface area contributed by atoms with Gasteiger partial charge in [-0.15, -0.1) is 10.2 Å². The van der Waals surface area contributed by atoms with Gasteiger partial charge in [0.15, 0.2) is 5.82 Å². The summed E-state index contributed by atoms with van der Waals surface area (Å²) in [4.78, 5) is 21.8. The average molecular weight is 422 g/mol. The van der Waals surface area contributed by atoms with Gasteiger partial charge in [0, 0.05) is 49.3 Å². The first-order chi connectivity index (χ1) is 14.9. The van der Waals surface area contributed by atoms with Gasteiger partial charge in [0.2, 0.25) is 0 Å². The molecule has 1 fully saturated rings. The van der Waals surface area contributed by atoms with E-state index in [0.29, 0.717) is 17.0 Å². The Morgan fingerprint density at radius 3 is 2.71 bits per heavy atom. The number of nitrogens with one attached hydrogen (secondary N) is 1. The number of amides is 1. The first kappa shape index (κ1) is 19.3. The molecule has 3 aromatic heterocycles. The molecular formula is C22H20F2N6O. The molecule has 31 heavy (non-hydrogen) atoms. The van der Waals surface area contributed by atoms with Crippen LogP contribution in [0.15, 0.2) is 49.1 Å². The van der Waals surface area contributed by atoms with Crippen molar-refractivity contribution in [2.24, 2.45) is 0 Å². The summed E-state index contributed by atoms with van der Waals surface area (Å²) in [5, 5.41) is 8.70.